The normalized spacial score (nSPS) is 14.7. The Labute approximate surface area is 112 Å². The minimum Gasteiger partial charge on any atom is -0.243 e. The molecule has 2 aromatic rings. The number of sulfonamides is 1. The van der Waals surface area contributed by atoms with Gasteiger partial charge in [0.1, 0.15) is 10.4 Å². The molecule has 1 N–H and O–H groups in total. The van der Waals surface area contributed by atoms with E-state index in [4.69, 9.17) is 0 Å². The molecule has 0 amide bonds. The van der Waals surface area contributed by atoms with E-state index >= 15 is 0 Å². The Kier molecular flexibility index (Phi) is 3.36. The molecule has 0 saturated heterocycles. The predicted molar refractivity (Wildman–Crippen MR) is 71.0 cm³/mol. The van der Waals surface area contributed by atoms with Crippen LogP contribution in [0.25, 0.3) is 11.0 Å². The monoisotopic (exact) mass is 283 g/mol. The van der Waals surface area contributed by atoms with Gasteiger partial charge in [0, 0.05) is 6.04 Å². The summed E-state index contributed by atoms with van der Waals surface area (Å²) in [5.74, 6) is 0. The Hall–Kier alpha value is -1.47. The van der Waals surface area contributed by atoms with E-state index in [-0.39, 0.29) is 21.9 Å². The first-order chi connectivity index (χ1) is 8.72. The van der Waals surface area contributed by atoms with Crippen molar-refractivity contribution in [1.29, 1.82) is 0 Å². The van der Waals surface area contributed by atoms with E-state index in [1.54, 1.807) is 12.1 Å². The predicted octanol–water partition coefficient (Wildman–Crippen LogP) is 1.94. The molecule has 0 spiro atoms. The summed E-state index contributed by atoms with van der Waals surface area (Å²) in [4.78, 5) is 0.0855. The van der Waals surface area contributed by atoms with Crippen molar-refractivity contribution < 1.29 is 13.0 Å². The Morgan fingerprint density at radius 3 is 2.58 bits per heavy atom. The van der Waals surface area contributed by atoms with Gasteiger partial charge in [-0.2, -0.15) is 0 Å². The first kappa shape index (κ1) is 14.0. The first-order valence-electron chi connectivity index (χ1n) is 5.95. The molecule has 19 heavy (non-hydrogen) atoms. The molecule has 0 aliphatic rings. The maximum absolute atomic E-state index is 12.4. The van der Waals surface area contributed by atoms with Gasteiger partial charge >= 0.3 is 0 Å². The molecule has 0 saturated carbocycles. The summed E-state index contributed by atoms with van der Waals surface area (Å²) in [6.45, 7) is 7.74. The summed E-state index contributed by atoms with van der Waals surface area (Å²) in [6.07, 6.45) is 0. The quantitative estimate of drug-likeness (QED) is 0.930. The lowest BCUT2D eigenvalue weighted by Crippen LogP contribution is -2.41. The van der Waals surface area contributed by atoms with E-state index in [0.717, 1.165) is 0 Å². The van der Waals surface area contributed by atoms with E-state index in [2.05, 4.69) is 19.7 Å². The van der Waals surface area contributed by atoms with Gasteiger partial charge in [-0.25, -0.2) is 17.8 Å². The Balaban J connectivity index is 2.43. The van der Waals surface area contributed by atoms with Crippen LogP contribution in [-0.2, 0) is 10.0 Å². The van der Waals surface area contributed by atoms with Gasteiger partial charge in [0.2, 0.25) is 10.0 Å². The maximum atomic E-state index is 12.4. The van der Waals surface area contributed by atoms with Crippen molar-refractivity contribution in [2.24, 2.45) is 5.41 Å². The Morgan fingerprint density at radius 2 is 1.95 bits per heavy atom. The van der Waals surface area contributed by atoms with Gasteiger partial charge in [-0.15, -0.1) is 0 Å². The lowest BCUT2D eigenvalue weighted by molar-refractivity contribution is 0.314. The van der Waals surface area contributed by atoms with Gasteiger partial charge < -0.3 is 0 Å². The fourth-order valence-electron chi connectivity index (χ4n) is 1.47. The van der Waals surface area contributed by atoms with Gasteiger partial charge in [-0.05, 0) is 34.8 Å². The highest BCUT2D eigenvalue weighted by Crippen LogP contribution is 2.23. The minimum absolute atomic E-state index is 0.0855. The SMILES string of the molecule is CC(NS(=O)(=O)c1cccc2nonc12)C(C)(C)C. The van der Waals surface area contributed by atoms with Crippen molar-refractivity contribution in [2.45, 2.75) is 38.6 Å². The number of nitrogens with one attached hydrogen (secondary N) is 1. The second-order valence-electron chi connectivity index (χ2n) is 5.60. The van der Waals surface area contributed by atoms with Crippen molar-refractivity contribution in [3.63, 3.8) is 0 Å². The van der Waals surface area contributed by atoms with Crippen LogP contribution in [0.3, 0.4) is 0 Å². The number of fused-ring (bicyclic) bond motifs is 1. The molecule has 6 nitrogen and oxygen atoms in total. The fourth-order valence-corrected chi connectivity index (χ4v) is 3.07. The summed E-state index contributed by atoms with van der Waals surface area (Å²) in [7, 11) is -3.65. The van der Waals surface area contributed by atoms with E-state index in [0.29, 0.717) is 5.52 Å². The molecule has 0 aliphatic heterocycles. The zero-order valence-corrected chi connectivity index (χ0v) is 12.2. The number of benzene rings is 1. The molecule has 104 valence electrons. The Morgan fingerprint density at radius 1 is 1.26 bits per heavy atom. The zero-order chi connectivity index (χ0) is 14.3. The Bertz CT molecular complexity index is 686. The molecule has 2 rings (SSSR count). The van der Waals surface area contributed by atoms with Crippen LogP contribution in [0.5, 0.6) is 0 Å². The van der Waals surface area contributed by atoms with Gasteiger partial charge in [0.15, 0.2) is 5.52 Å². The third kappa shape index (κ3) is 2.76. The topological polar surface area (TPSA) is 85.1 Å². The fraction of sp³-hybridized carbons (Fsp3) is 0.500. The van der Waals surface area contributed by atoms with Crippen LogP contribution in [-0.4, -0.2) is 24.8 Å². The van der Waals surface area contributed by atoms with Crippen LogP contribution in [0.2, 0.25) is 0 Å². The average molecular weight is 283 g/mol. The molecule has 1 unspecified atom stereocenters. The molecule has 0 radical (unpaired) electrons. The van der Waals surface area contributed by atoms with E-state index in [9.17, 15) is 8.42 Å². The van der Waals surface area contributed by atoms with Gasteiger partial charge in [0.05, 0.1) is 0 Å². The van der Waals surface area contributed by atoms with Gasteiger partial charge in [-0.3, -0.25) is 0 Å². The standard InChI is InChI=1S/C12H17N3O3S/c1-8(12(2,3)4)15-19(16,17)10-7-5-6-9-11(10)14-18-13-9/h5-8,15H,1-4H3. The molecule has 1 aromatic carbocycles. The largest absolute Gasteiger partial charge is 0.243 e. The van der Waals surface area contributed by atoms with Gasteiger partial charge in [0.25, 0.3) is 0 Å². The summed E-state index contributed by atoms with van der Waals surface area (Å²) in [6, 6.07) is 4.54. The van der Waals surface area contributed by atoms with Crippen LogP contribution >= 0.6 is 0 Å². The molecule has 0 fully saturated rings. The summed E-state index contributed by atoms with van der Waals surface area (Å²) < 4.78 is 32.0. The van der Waals surface area contributed by atoms with E-state index in [1.165, 1.54) is 6.07 Å². The van der Waals surface area contributed by atoms with Crippen LogP contribution in [0.1, 0.15) is 27.7 Å². The maximum Gasteiger partial charge on any atom is 0.243 e. The van der Waals surface area contributed by atoms with Crippen LogP contribution in [0.15, 0.2) is 27.7 Å². The average Bonchev–Trinajstić information content (AvgIpc) is 2.74. The number of aromatic nitrogens is 2. The van der Waals surface area contributed by atoms with Gasteiger partial charge in [-0.1, -0.05) is 26.8 Å². The molecule has 0 aliphatic carbocycles. The lowest BCUT2D eigenvalue weighted by Gasteiger charge is -2.27. The summed E-state index contributed by atoms with van der Waals surface area (Å²) in [5, 5.41) is 7.29. The van der Waals surface area contributed by atoms with Crippen molar-refractivity contribution in [3.8, 4) is 0 Å². The number of nitrogens with zero attached hydrogens (tertiary/aromatic N) is 2. The number of hydrogen-bond donors (Lipinski definition) is 1. The zero-order valence-electron chi connectivity index (χ0n) is 11.3. The van der Waals surface area contributed by atoms with E-state index in [1.807, 2.05) is 27.7 Å². The second-order valence-corrected chi connectivity index (χ2v) is 7.28. The van der Waals surface area contributed by atoms with E-state index < -0.39 is 10.0 Å². The highest BCUT2D eigenvalue weighted by Gasteiger charge is 2.27. The molecule has 1 atom stereocenters. The van der Waals surface area contributed by atoms with Crippen molar-refractivity contribution in [3.05, 3.63) is 18.2 Å². The third-order valence-electron chi connectivity index (χ3n) is 3.17. The molecule has 1 heterocycles. The number of hydrogen-bond acceptors (Lipinski definition) is 5. The highest BCUT2D eigenvalue weighted by molar-refractivity contribution is 7.89. The molecular weight excluding hydrogens is 266 g/mol. The van der Waals surface area contributed by atoms with Crippen LogP contribution in [0.4, 0.5) is 0 Å². The van der Waals surface area contributed by atoms with Crippen LogP contribution in [0, 0.1) is 5.41 Å². The van der Waals surface area contributed by atoms with Crippen molar-refractivity contribution in [1.82, 2.24) is 15.0 Å². The minimum atomic E-state index is -3.65. The van der Waals surface area contributed by atoms with Crippen molar-refractivity contribution in [2.75, 3.05) is 0 Å². The summed E-state index contributed by atoms with van der Waals surface area (Å²) in [5.41, 5.74) is 0.491. The molecule has 1 aromatic heterocycles. The smallest absolute Gasteiger partial charge is 0.243 e. The molecule has 0 bridgehead atoms. The highest BCUT2D eigenvalue weighted by atomic mass is 32.2. The lowest BCUT2D eigenvalue weighted by atomic mass is 9.89. The van der Waals surface area contributed by atoms with Crippen molar-refractivity contribution >= 4 is 21.1 Å². The summed E-state index contributed by atoms with van der Waals surface area (Å²) >= 11 is 0. The molecular formula is C12H17N3O3S. The van der Waals surface area contributed by atoms with Crippen LogP contribution < -0.4 is 4.72 Å². The first-order valence-corrected chi connectivity index (χ1v) is 7.44. The third-order valence-corrected chi connectivity index (χ3v) is 4.74. The number of rotatable bonds is 3. The molecule has 7 heteroatoms. The second kappa shape index (κ2) is 4.57.